The number of nitrogens with one attached hydrogen (secondary N) is 1. The Balaban J connectivity index is 1.61. The lowest BCUT2D eigenvalue weighted by molar-refractivity contribution is -0.115. The molecule has 1 aromatic heterocycles. The minimum atomic E-state index is -0.153. The monoisotopic (exact) mass is 547 g/mol. The maximum atomic E-state index is 12.7. The van der Waals surface area contributed by atoms with Gasteiger partial charge in [0, 0.05) is 9.13 Å². The first kappa shape index (κ1) is 22.8. The van der Waals surface area contributed by atoms with Crippen LogP contribution in [0.25, 0.3) is 23.4 Å². The maximum absolute atomic E-state index is 12.7. The van der Waals surface area contributed by atoms with Crippen LogP contribution >= 0.6 is 22.6 Å². The highest BCUT2D eigenvalue weighted by Crippen LogP contribution is 2.22. The molecule has 0 saturated heterocycles. The minimum absolute atomic E-state index is 0.0114. The number of anilines is 1. The number of carbonyl (C=O) groups is 1. The number of rotatable bonds is 7. The highest BCUT2D eigenvalue weighted by Gasteiger charge is 2.11. The van der Waals surface area contributed by atoms with Gasteiger partial charge in [-0.1, -0.05) is 72.8 Å². The lowest BCUT2D eigenvalue weighted by atomic mass is 10.1. The van der Waals surface area contributed by atoms with Gasteiger partial charge in [0.1, 0.15) is 5.69 Å². The Hall–Kier alpha value is -3.36. The van der Waals surface area contributed by atoms with E-state index in [2.05, 4.69) is 32.9 Å². The van der Waals surface area contributed by atoms with Gasteiger partial charge in [-0.25, -0.2) is 9.97 Å². The summed E-state index contributed by atoms with van der Waals surface area (Å²) in [5, 5.41) is 12.2. The number of aliphatic hydroxyl groups excluding tert-OH is 1. The maximum Gasteiger partial charge on any atom is 0.230 e. The second-order valence-corrected chi connectivity index (χ2v) is 8.69. The predicted molar refractivity (Wildman–Crippen MR) is 140 cm³/mol. The molecule has 0 aliphatic heterocycles. The van der Waals surface area contributed by atoms with E-state index >= 15 is 0 Å². The third-order valence-electron chi connectivity index (χ3n) is 5.00. The molecule has 0 unspecified atom stereocenters. The van der Waals surface area contributed by atoms with Crippen LogP contribution in [-0.2, 0) is 17.8 Å². The third-order valence-corrected chi connectivity index (χ3v) is 5.72. The first-order chi connectivity index (χ1) is 16.1. The summed E-state index contributed by atoms with van der Waals surface area (Å²) < 4.78 is 1.12. The summed E-state index contributed by atoms with van der Waals surface area (Å²) in [6.45, 7) is -0.0114. The molecule has 5 nitrogen and oxygen atoms in total. The molecule has 164 valence electrons. The van der Waals surface area contributed by atoms with Gasteiger partial charge in [0.05, 0.1) is 24.9 Å². The van der Waals surface area contributed by atoms with E-state index in [1.165, 1.54) is 0 Å². The molecule has 0 radical (unpaired) electrons. The van der Waals surface area contributed by atoms with E-state index < -0.39 is 0 Å². The molecule has 0 spiro atoms. The fraction of sp³-hybridized carbons (Fsp3) is 0.0741. The molecule has 3 aromatic carbocycles. The van der Waals surface area contributed by atoms with E-state index in [0.29, 0.717) is 17.2 Å². The number of hydrogen-bond acceptors (Lipinski definition) is 4. The van der Waals surface area contributed by atoms with Crippen molar-refractivity contribution in [1.82, 2.24) is 9.97 Å². The fourth-order valence-corrected chi connectivity index (χ4v) is 3.60. The van der Waals surface area contributed by atoms with Gasteiger partial charge in [-0.15, -0.1) is 0 Å². The van der Waals surface area contributed by atoms with Gasteiger partial charge in [0.15, 0.2) is 5.82 Å². The van der Waals surface area contributed by atoms with Crippen LogP contribution in [0.2, 0.25) is 0 Å². The van der Waals surface area contributed by atoms with Crippen molar-refractivity contribution in [1.29, 1.82) is 0 Å². The summed E-state index contributed by atoms with van der Waals surface area (Å²) in [5.74, 6) is 0.258. The van der Waals surface area contributed by atoms with E-state index in [4.69, 9.17) is 4.98 Å². The predicted octanol–water partition coefficient (Wildman–Crippen LogP) is 5.59. The van der Waals surface area contributed by atoms with Crippen molar-refractivity contribution in [3.8, 4) is 11.3 Å². The van der Waals surface area contributed by atoms with Gasteiger partial charge in [-0.3, -0.25) is 4.79 Å². The lowest BCUT2D eigenvalue weighted by Crippen LogP contribution is -2.16. The molecule has 1 amide bonds. The molecule has 0 fully saturated rings. The molecule has 33 heavy (non-hydrogen) atoms. The van der Waals surface area contributed by atoms with Crippen molar-refractivity contribution in [3.63, 3.8) is 0 Å². The highest BCUT2D eigenvalue weighted by atomic mass is 127. The summed E-state index contributed by atoms with van der Waals surface area (Å²) in [6, 6.07) is 25.2. The SMILES string of the molecule is O=C(Cc1ccc(I)cc1)Nc1ncc(-c2ccc(CO)cc2)nc1C=Cc1ccccc1. The summed E-state index contributed by atoms with van der Waals surface area (Å²) >= 11 is 2.24. The van der Waals surface area contributed by atoms with Gasteiger partial charge in [-0.05, 0) is 57.5 Å². The molecule has 4 rings (SSSR count). The van der Waals surface area contributed by atoms with Crippen molar-refractivity contribution >= 4 is 46.5 Å². The van der Waals surface area contributed by atoms with Gasteiger partial charge < -0.3 is 10.4 Å². The number of carbonyl (C=O) groups excluding carboxylic acids is 1. The van der Waals surface area contributed by atoms with E-state index in [-0.39, 0.29) is 18.9 Å². The van der Waals surface area contributed by atoms with E-state index in [0.717, 1.165) is 25.8 Å². The standard InChI is InChI=1S/C27H22IN3O2/c28-23-13-8-20(9-14-23)16-26(33)31-27-24(15-10-19-4-2-1-3-5-19)30-25(17-29-27)22-11-6-21(18-32)7-12-22/h1-15,17,32H,16,18H2,(H,29,31,33). The van der Waals surface area contributed by atoms with Crippen LogP contribution in [0.1, 0.15) is 22.4 Å². The van der Waals surface area contributed by atoms with E-state index in [9.17, 15) is 9.90 Å². The first-order valence-electron chi connectivity index (χ1n) is 10.5. The third kappa shape index (κ3) is 6.34. The van der Waals surface area contributed by atoms with Crippen LogP contribution < -0.4 is 5.32 Å². The van der Waals surface area contributed by atoms with Crippen LogP contribution in [0, 0.1) is 3.57 Å². The van der Waals surface area contributed by atoms with Crippen molar-refractivity contribution in [3.05, 3.63) is 111 Å². The van der Waals surface area contributed by atoms with Gasteiger partial charge >= 0.3 is 0 Å². The largest absolute Gasteiger partial charge is 0.392 e. The zero-order valence-electron chi connectivity index (χ0n) is 17.8. The number of aliphatic hydroxyl groups is 1. The Bertz CT molecular complexity index is 1260. The summed E-state index contributed by atoms with van der Waals surface area (Å²) in [5.41, 5.74) is 4.92. The van der Waals surface area contributed by atoms with E-state index in [1.54, 1.807) is 6.20 Å². The smallest absolute Gasteiger partial charge is 0.230 e. The number of hydrogen-bond donors (Lipinski definition) is 2. The summed E-state index contributed by atoms with van der Waals surface area (Å²) in [4.78, 5) is 22.0. The molecule has 0 saturated carbocycles. The van der Waals surface area contributed by atoms with Gasteiger partial charge in [0.25, 0.3) is 0 Å². The molecule has 0 atom stereocenters. The lowest BCUT2D eigenvalue weighted by Gasteiger charge is -2.10. The Morgan fingerprint density at radius 3 is 2.30 bits per heavy atom. The molecular formula is C27H22IN3O2. The van der Waals surface area contributed by atoms with Crippen LogP contribution in [0.5, 0.6) is 0 Å². The topological polar surface area (TPSA) is 75.1 Å². The van der Waals surface area contributed by atoms with Crippen molar-refractivity contribution in [2.45, 2.75) is 13.0 Å². The number of benzene rings is 3. The highest BCUT2D eigenvalue weighted by molar-refractivity contribution is 14.1. The molecule has 1 heterocycles. The van der Waals surface area contributed by atoms with Crippen LogP contribution in [0.3, 0.4) is 0 Å². The Morgan fingerprint density at radius 1 is 0.909 bits per heavy atom. The van der Waals surface area contributed by atoms with Crippen LogP contribution in [0.4, 0.5) is 5.82 Å². The molecule has 6 heteroatoms. The number of halogens is 1. The average Bonchev–Trinajstić information content (AvgIpc) is 2.85. The van der Waals surface area contributed by atoms with Crippen LogP contribution in [-0.4, -0.2) is 21.0 Å². The van der Waals surface area contributed by atoms with Gasteiger partial charge in [-0.2, -0.15) is 0 Å². The molecular weight excluding hydrogens is 525 g/mol. The molecule has 0 bridgehead atoms. The average molecular weight is 547 g/mol. The van der Waals surface area contributed by atoms with Crippen molar-refractivity contribution in [2.75, 3.05) is 5.32 Å². The first-order valence-corrected chi connectivity index (χ1v) is 11.5. The summed E-state index contributed by atoms with van der Waals surface area (Å²) in [7, 11) is 0. The molecule has 4 aromatic rings. The Kier molecular flexibility index (Phi) is 7.59. The molecule has 0 aliphatic rings. The number of amides is 1. The zero-order valence-corrected chi connectivity index (χ0v) is 19.9. The van der Waals surface area contributed by atoms with Crippen molar-refractivity contribution < 1.29 is 9.90 Å². The second-order valence-electron chi connectivity index (χ2n) is 7.44. The fourth-order valence-electron chi connectivity index (χ4n) is 3.24. The number of aromatic nitrogens is 2. The second kappa shape index (κ2) is 11.0. The normalized spacial score (nSPS) is 11.0. The zero-order chi connectivity index (χ0) is 23.0. The van der Waals surface area contributed by atoms with Crippen molar-refractivity contribution in [2.24, 2.45) is 0 Å². The van der Waals surface area contributed by atoms with E-state index in [1.807, 2.05) is 91.0 Å². The number of nitrogens with zero attached hydrogens (tertiary/aromatic N) is 2. The molecule has 0 aliphatic carbocycles. The van der Waals surface area contributed by atoms with Gasteiger partial charge in [0.2, 0.25) is 5.91 Å². The quantitative estimate of drug-likeness (QED) is 0.296. The Labute approximate surface area is 206 Å². The Morgan fingerprint density at radius 2 is 1.61 bits per heavy atom. The summed E-state index contributed by atoms with van der Waals surface area (Å²) in [6.07, 6.45) is 5.70. The minimum Gasteiger partial charge on any atom is -0.392 e. The van der Waals surface area contributed by atoms with Crippen LogP contribution in [0.15, 0.2) is 85.1 Å². The molecule has 2 N–H and O–H groups in total.